The second-order valence-electron chi connectivity index (χ2n) is 6.62. The van der Waals surface area contributed by atoms with E-state index in [1.54, 1.807) is 42.5 Å². The van der Waals surface area contributed by atoms with Crippen LogP contribution in [0.15, 0.2) is 41.2 Å². The highest BCUT2D eigenvalue weighted by Gasteiger charge is 2.18. The van der Waals surface area contributed by atoms with Gasteiger partial charge < -0.3 is 18.9 Å². The van der Waals surface area contributed by atoms with Crippen LogP contribution in [-0.4, -0.2) is 41.9 Å². The Morgan fingerprint density at radius 3 is 2.22 bits per heavy atom. The number of hydrogen-bond donors (Lipinski definition) is 0. The molecule has 0 bridgehead atoms. The highest BCUT2D eigenvalue weighted by atomic mass is 32.1. The van der Waals surface area contributed by atoms with Gasteiger partial charge in [0.05, 0.1) is 25.9 Å². The molecule has 0 fully saturated rings. The van der Waals surface area contributed by atoms with Crippen molar-refractivity contribution in [3.8, 4) is 34.4 Å². The van der Waals surface area contributed by atoms with E-state index in [1.165, 1.54) is 44.1 Å². The highest BCUT2D eigenvalue weighted by molar-refractivity contribution is 7.15. The van der Waals surface area contributed by atoms with Gasteiger partial charge in [-0.2, -0.15) is 9.50 Å². The Kier molecular flexibility index (Phi) is 5.78. The SMILES string of the molecule is COc1cc(-c2nc3s/c(=C\c4ccc(OC(C)=O)cc4)c(=O)n3n2)cc(OC)c1OC. The van der Waals surface area contributed by atoms with E-state index in [0.29, 0.717) is 43.9 Å². The van der Waals surface area contributed by atoms with Gasteiger partial charge in [-0.05, 0) is 35.9 Å². The van der Waals surface area contributed by atoms with Crippen LogP contribution < -0.4 is 29.0 Å². The van der Waals surface area contributed by atoms with Gasteiger partial charge in [-0.1, -0.05) is 23.5 Å². The molecule has 2 aromatic carbocycles. The highest BCUT2D eigenvalue weighted by Crippen LogP contribution is 2.40. The summed E-state index contributed by atoms with van der Waals surface area (Å²) in [5, 5.41) is 4.37. The van der Waals surface area contributed by atoms with Gasteiger partial charge in [0.2, 0.25) is 10.7 Å². The lowest BCUT2D eigenvalue weighted by atomic mass is 10.1. The number of rotatable bonds is 6. The normalized spacial score (nSPS) is 11.6. The Labute approximate surface area is 186 Å². The minimum absolute atomic E-state index is 0.278. The summed E-state index contributed by atoms with van der Waals surface area (Å²) in [6, 6.07) is 10.3. The number of nitrogens with zero attached hydrogens (tertiary/aromatic N) is 3. The zero-order chi connectivity index (χ0) is 22.8. The number of aromatic nitrogens is 3. The number of carbonyl (C=O) groups is 1. The van der Waals surface area contributed by atoms with Crippen molar-refractivity contribution in [2.24, 2.45) is 0 Å². The molecule has 0 aliphatic heterocycles. The third-order valence-corrected chi connectivity index (χ3v) is 5.50. The first-order valence-electron chi connectivity index (χ1n) is 9.43. The smallest absolute Gasteiger partial charge is 0.308 e. The lowest BCUT2D eigenvalue weighted by Gasteiger charge is -2.12. The minimum atomic E-state index is -0.392. The van der Waals surface area contributed by atoms with Gasteiger partial charge in [-0.15, -0.1) is 5.10 Å². The molecule has 0 aliphatic carbocycles. The molecular formula is C22H19N3O6S. The molecule has 9 nitrogen and oxygen atoms in total. The zero-order valence-corrected chi connectivity index (χ0v) is 18.6. The standard InChI is InChI=1S/C22H19N3O6S/c1-12(26)31-15-7-5-13(6-8-15)9-18-21(27)25-22(32-18)23-20(24-25)14-10-16(28-2)19(30-4)17(11-14)29-3/h5-11H,1-4H3/b18-9-. The van der Waals surface area contributed by atoms with Gasteiger partial charge in [-0.3, -0.25) is 9.59 Å². The molecule has 2 heterocycles. The summed E-state index contributed by atoms with van der Waals surface area (Å²) >= 11 is 1.23. The summed E-state index contributed by atoms with van der Waals surface area (Å²) in [7, 11) is 4.57. The molecule has 10 heteroatoms. The Morgan fingerprint density at radius 2 is 1.69 bits per heavy atom. The number of esters is 1. The van der Waals surface area contributed by atoms with Crippen LogP contribution in [0.25, 0.3) is 22.4 Å². The van der Waals surface area contributed by atoms with Crippen LogP contribution in [0, 0.1) is 0 Å². The molecule has 32 heavy (non-hydrogen) atoms. The molecule has 164 valence electrons. The number of methoxy groups -OCH3 is 3. The molecule has 0 N–H and O–H groups in total. The number of carbonyl (C=O) groups excluding carboxylic acids is 1. The third kappa shape index (κ3) is 4.00. The van der Waals surface area contributed by atoms with E-state index in [-0.39, 0.29) is 5.56 Å². The summed E-state index contributed by atoms with van der Waals surface area (Å²) in [5.74, 6) is 1.81. The fourth-order valence-electron chi connectivity index (χ4n) is 3.12. The quantitative estimate of drug-likeness (QED) is 0.324. The first kappa shape index (κ1) is 21.3. The van der Waals surface area contributed by atoms with Crippen LogP contribution in [0.3, 0.4) is 0 Å². The molecule has 0 radical (unpaired) electrons. The monoisotopic (exact) mass is 453 g/mol. The summed E-state index contributed by atoms with van der Waals surface area (Å²) in [6.07, 6.45) is 1.74. The van der Waals surface area contributed by atoms with Crippen molar-refractivity contribution < 1.29 is 23.7 Å². The first-order valence-corrected chi connectivity index (χ1v) is 10.2. The van der Waals surface area contributed by atoms with Crippen molar-refractivity contribution in [3.63, 3.8) is 0 Å². The molecule has 0 saturated heterocycles. The zero-order valence-electron chi connectivity index (χ0n) is 17.7. The number of fused-ring (bicyclic) bond motifs is 1. The van der Waals surface area contributed by atoms with Gasteiger partial charge in [0.25, 0.3) is 5.56 Å². The first-order chi connectivity index (χ1) is 15.4. The molecule has 4 aromatic rings. The van der Waals surface area contributed by atoms with Crippen molar-refractivity contribution in [1.82, 2.24) is 14.6 Å². The molecule has 2 aromatic heterocycles. The maximum Gasteiger partial charge on any atom is 0.308 e. The van der Waals surface area contributed by atoms with Crippen molar-refractivity contribution in [1.29, 1.82) is 0 Å². The molecule has 0 aliphatic rings. The van der Waals surface area contributed by atoms with Crippen molar-refractivity contribution in [2.45, 2.75) is 6.92 Å². The van der Waals surface area contributed by atoms with Crippen molar-refractivity contribution >= 4 is 28.3 Å². The predicted molar refractivity (Wildman–Crippen MR) is 119 cm³/mol. The largest absolute Gasteiger partial charge is 0.493 e. The van der Waals surface area contributed by atoms with Crippen molar-refractivity contribution in [3.05, 3.63) is 56.8 Å². The average Bonchev–Trinajstić information content (AvgIpc) is 3.33. The number of ether oxygens (including phenoxy) is 4. The van der Waals surface area contributed by atoms with Crippen LogP contribution in [0.5, 0.6) is 23.0 Å². The maximum atomic E-state index is 12.8. The molecule has 0 saturated carbocycles. The maximum absolute atomic E-state index is 12.8. The van der Waals surface area contributed by atoms with E-state index in [4.69, 9.17) is 18.9 Å². The predicted octanol–water partition coefficient (Wildman–Crippen LogP) is 2.32. The number of benzene rings is 2. The van der Waals surface area contributed by atoms with E-state index in [0.717, 1.165) is 5.56 Å². The lowest BCUT2D eigenvalue weighted by molar-refractivity contribution is -0.131. The third-order valence-electron chi connectivity index (χ3n) is 4.54. The minimum Gasteiger partial charge on any atom is -0.493 e. The van der Waals surface area contributed by atoms with Crippen LogP contribution in [-0.2, 0) is 4.79 Å². The fourth-order valence-corrected chi connectivity index (χ4v) is 4.02. The topological polar surface area (TPSA) is 101 Å². The molecule has 0 atom stereocenters. The van der Waals surface area contributed by atoms with Crippen LogP contribution in [0.2, 0.25) is 0 Å². The molecular weight excluding hydrogens is 434 g/mol. The number of thiazole rings is 1. The Hall–Kier alpha value is -3.92. The summed E-state index contributed by atoms with van der Waals surface area (Å²) in [6.45, 7) is 1.34. The summed E-state index contributed by atoms with van der Waals surface area (Å²) < 4.78 is 22.9. The van der Waals surface area contributed by atoms with Gasteiger partial charge in [0.15, 0.2) is 17.3 Å². The summed E-state index contributed by atoms with van der Waals surface area (Å²) in [4.78, 5) is 28.8. The molecule has 0 spiro atoms. The molecule has 0 unspecified atom stereocenters. The lowest BCUT2D eigenvalue weighted by Crippen LogP contribution is -2.23. The Balaban J connectivity index is 1.72. The van der Waals surface area contributed by atoms with E-state index in [1.807, 2.05) is 0 Å². The Morgan fingerprint density at radius 1 is 1.03 bits per heavy atom. The molecule has 4 rings (SSSR count). The fraction of sp³-hybridized carbons (Fsp3) is 0.182. The van der Waals surface area contributed by atoms with Gasteiger partial charge in [0, 0.05) is 12.5 Å². The van der Waals surface area contributed by atoms with E-state index < -0.39 is 5.97 Å². The van der Waals surface area contributed by atoms with Crippen LogP contribution >= 0.6 is 11.3 Å². The average molecular weight is 453 g/mol. The van der Waals surface area contributed by atoms with Gasteiger partial charge >= 0.3 is 5.97 Å². The second-order valence-corrected chi connectivity index (χ2v) is 7.63. The van der Waals surface area contributed by atoms with Gasteiger partial charge in [0.1, 0.15) is 5.75 Å². The Bertz CT molecular complexity index is 1380. The number of hydrogen-bond acceptors (Lipinski definition) is 9. The second kappa shape index (κ2) is 8.67. The van der Waals surface area contributed by atoms with Crippen LogP contribution in [0.1, 0.15) is 12.5 Å². The summed E-state index contributed by atoms with van der Waals surface area (Å²) in [5.41, 5.74) is 1.13. The van der Waals surface area contributed by atoms with Crippen molar-refractivity contribution in [2.75, 3.05) is 21.3 Å². The molecule has 0 amide bonds. The van der Waals surface area contributed by atoms with Crippen LogP contribution in [0.4, 0.5) is 0 Å². The van der Waals surface area contributed by atoms with E-state index >= 15 is 0 Å². The van der Waals surface area contributed by atoms with E-state index in [9.17, 15) is 9.59 Å². The van der Waals surface area contributed by atoms with E-state index in [2.05, 4.69) is 10.1 Å². The van der Waals surface area contributed by atoms with Gasteiger partial charge in [-0.25, -0.2) is 0 Å².